The lowest BCUT2D eigenvalue weighted by molar-refractivity contribution is 0.0696. The van der Waals surface area contributed by atoms with E-state index in [4.69, 9.17) is 5.11 Å². The van der Waals surface area contributed by atoms with Gasteiger partial charge in [-0.25, -0.2) is 9.78 Å². The average molecular weight is 341 g/mol. The van der Waals surface area contributed by atoms with Crippen molar-refractivity contribution in [2.24, 2.45) is 0 Å². The molecule has 19 heavy (non-hydrogen) atoms. The number of benzene rings is 1. The second kappa shape index (κ2) is 6.27. The summed E-state index contributed by atoms with van der Waals surface area (Å²) >= 11 is 4.59. The number of thiazole rings is 1. The third-order valence-corrected chi connectivity index (χ3v) is 4.05. The van der Waals surface area contributed by atoms with E-state index in [1.807, 2.05) is 18.2 Å². The van der Waals surface area contributed by atoms with Gasteiger partial charge in [-0.05, 0) is 24.6 Å². The van der Waals surface area contributed by atoms with Gasteiger partial charge >= 0.3 is 5.97 Å². The highest BCUT2D eigenvalue weighted by Gasteiger charge is 2.10. The SMILES string of the molecule is C[C@@H](NCc1csc(C(=O)O)n1)c1cccc(Br)c1. The third-order valence-electron chi connectivity index (χ3n) is 2.67. The standard InChI is InChI=1S/C13H13BrN2O2S/c1-8(9-3-2-4-10(14)5-9)15-6-11-7-19-12(16-11)13(17)18/h2-5,7-8,15H,6H2,1H3,(H,17,18)/t8-/m1/s1. The van der Waals surface area contributed by atoms with Crippen molar-refractivity contribution in [3.8, 4) is 0 Å². The number of carbonyl (C=O) groups is 1. The molecule has 1 aromatic carbocycles. The fourth-order valence-electron chi connectivity index (χ4n) is 1.64. The lowest BCUT2D eigenvalue weighted by atomic mass is 10.1. The van der Waals surface area contributed by atoms with E-state index in [0.29, 0.717) is 6.54 Å². The number of carboxylic acid groups (broad SMARTS) is 1. The molecular weight excluding hydrogens is 328 g/mol. The van der Waals surface area contributed by atoms with Crippen LogP contribution in [0.25, 0.3) is 0 Å². The van der Waals surface area contributed by atoms with Crippen LogP contribution in [-0.2, 0) is 6.54 Å². The first-order chi connectivity index (χ1) is 9.06. The second-order valence-corrected chi connectivity index (χ2v) is 5.88. The van der Waals surface area contributed by atoms with Crippen molar-refractivity contribution in [2.45, 2.75) is 19.5 Å². The van der Waals surface area contributed by atoms with Gasteiger partial charge in [-0.15, -0.1) is 11.3 Å². The molecule has 1 atom stereocenters. The van der Waals surface area contributed by atoms with E-state index < -0.39 is 5.97 Å². The molecule has 0 aliphatic rings. The Balaban J connectivity index is 1.96. The van der Waals surface area contributed by atoms with Gasteiger partial charge in [0.15, 0.2) is 0 Å². The molecule has 0 saturated carbocycles. The van der Waals surface area contributed by atoms with E-state index in [2.05, 4.69) is 39.2 Å². The molecule has 0 radical (unpaired) electrons. The Morgan fingerprint density at radius 3 is 3.00 bits per heavy atom. The third kappa shape index (κ3) is 3.86. The molecular formula is C13H13BrN2O2S. The van der Waals surface area contributed by atoms with E-state index in [0.717, 1.165) is 21.5 Å². The van der Waals surface area contributed by atoms with Gasteiger partial charge in [0.05, 0.1) is 5.69 Å². The molecule has 2 rings (SSSR count). The maximum absolute atomic E-state index is 10.7. The van der Waals surface area contributed by atoms with Crippen LogP contribution in [0.15, 0.2) is 34.1 Å². The van der Waals surface area contributed by atoms with Crippen molar-refractivity contribution in [3.05, 3.63) is 50.4 Å². The van der Waals surface area contributed by atoms with Gasteiger partial charge in [-0.3, -0.25) is 0 Å². The van der Waals surface area contributed by atoms with Crippen LogP contribution in [0.4, 0.5) is 0 Å². The number of carboxylic acids is 1. The normalized spacial score (nSPS) is 12.3. The quantitative estimate of drug-likeness (QED) is 0.874. The van der Waals surface area contributed by atoms with Crippen LogP contribution in [-0.4, -0.2) is 16.1 Å². The number of halogens is 1. The number of aromatic carboxylic acids is 1. The van der Waals surface area contributed by atoms with E-state index in [1.165, 1.54) is 5.56 Å². The summed E-state index contributed by atoms with van der Waals surface area (Å²) in [6.45, 7) is 2.61. The van der Waals surface area contributed by atoms with E-state index in [-0.39, 0.29) is 11.0 Å². The van der Waals surface area contributed by atoms with Crippen LogP contribution in [0.3, 0.4) is 0 Å². The summed E-state index contributed by atoms with van der Waals surface area (Å²) in [5, 5.41) is 14.0. The number of hydrogen-bond acceptors (Lipinski definition) is 4. The number of hydrogen-bond donors (Lipinski definition) is 2. The van der Waals surface area contributed by atoms with Gasteiger partial charge in [0.25, 0.3) is 0 Å². The Bertz CT molecular complexity index is 586. The van der Waals surface area contributed by atoms with Crippen molar-refractivity contribution < 1.29 is 9.90 Å². The van der Waals surface area contributed by atoms with Crippen molar-refractivity contribution in [1.29, 1.82) is 0 Å². The Morgan fingerprint density at radius 2 is 2.37 bits per heavy atom. The summed E-state index contributed by atoms with van der Waals surface area (Å²) in [6.07, 6.45) is 0. The van der Waals surface area contributed by atoms with Gasteiger partial charge in [-0.1, -0.05) is 28.1 Å². The van der Waals surface area contributed by atoms with Gasteiger partial charge in [0.2, 0.25) is 5.01 Å². The summed E-state index contributed by atoms with van der Waals surface area (Å²) in [5.74, 6) is -0.976. The van der Waals surface area contributed by atoms with Gasteiger partial charge in [0.1, 0.15) is 0 Å². The summed E-state index contributed by atoms with van der Waals surface area (Å²) in [5.41, 5.74) is 1.92. The van der Waals surface area contributed by atoms with Gasteiger partial charge in [-0.2, -0.15) is 0 Å². The molecule has 2 aromatic rings. The summed E-state index contributed by atoms with van der Waals surface area (Å²) in [4.78, 5) is 14.8. The lowest BCUT2D eigenvalue weighted by Crippen LogP contribution is -2.18. The van der Waals surface area contributed by atoms with Crippen molar-refractivity contribution in [3.63, 3.8) is 0 Å². The van der Waals surface area contributed by atoms with Crippen LogP contribution < -0.4 is 5.32 Å². The van der Waals surface area contributed by atoms with E-state index in [1.54, 1.807) is 5.38 Å². The predicted octanol–water partition coefficient (Wildman–Crippen LogP) is 3.45. The average Bonchev–Trinajstić information content (AvgIpc) is 2.85. The van der Waals surface area contributed by atoms with E-state index >= 15 is 0 Å². The smallest absolute Gasteiger partial charge is 0.365 e. The monoisotopic (exact) mass is 340 g/mol. The zero-order chi connectivity index (χ0) is 13.8. The highest BCUT2D eigenvalue weighted by molar-refractivity contribution is 9.10. The first kappa shape index (κ1) is 14.2. The zero-order valence-electron chi connectivity index (χ0n) is 10.3. The second-order valence-electron chi connectivity index (χ2n) is 4.11. The molecule has 2 N–H and O–H groups in total. The zero-order valence-corrected chi connectivity index (χ0v) is 12.7. The Labute approximate surface area is 123 Å². The minimum absolute atomic E-state index is 0.131. The van der Waals surface area contributed by atoms with Gasteiger partial charge in [0, 0.05) is 22.4 Å². The predicted molar refractivity (Wildman–Crippen MR) is 78.5 cm³/mol. The van der Waals surface area contributed by atoms with E-state index in [9.17, 15) is 4.79 Å². The molecule has 0 saturated heterocycles. The Hall–Kier alpha value is -1.24. The maximum Gasteiger partial charge on any atom is 0.365 e. The molecule has 0 spiro atoms. The minimum Gasteiger partial charge on any atom is -0.476 e. The number of nitrogens with zero attached hydrogens (tertiary/aromatic N) is 1. The van der Waals surface area contributed by atoms with Crippen LogP contribution in [0.1, 0.15) is 34.0 Å². The summed E-state index contributed by atoms with van der Waals surface area (Å²) in [7, 11) is 0. The number of aromatic nitrogens is 1. The Kier molecular flexibility index (Phi) is 4.68. The maximum atomic E-state index is 10.7. The first-order valence-electron chi connectivity index (χ1n) is 5.73. The fraction of sp³-hybridized carbons (Fsp3) is 0.231. The first-order valence-corrected chi connectivity index (χ1v) is 7.40. The molecule has 0 aliphatic heterocycles. The van der Waals surface area contributed by atoms with Crippen molar-refractivity contribution >= 4 is 33.2 Å². The molecule has 0 amide bonds. The van der Waals surface area contributed by atoms with Crippen molar-refractivity contribution in [1.82, 2.24) is 10.3 Å². The molecule has 1 heterocycles. The highest BCUT2D eigenvalue weighted by Crippen LogP contribution is 2.18. The topological polar surface area (TPSA) is 62.2 Å². The molecule has 6 heteroatoms. The molecule has 0 unspecified atom stereocenters. The van der Waals surface area contributed by atoms with Gasteiger partial charge < -0.3 is 10.4 Å². The molecule has 4 nitrogen and oxygen atoms in total. The largest absolute Gasteiger partial charge is 0.476 e. The molecule has 0 bridgehead atoms. The molecule has 1 aromatic heterocycles. The minimum atomic E-state index is -0.976. The highest BCUT2D eigenvalue weighted by atomic mass is 79.9. The Morgan fingerprint density at radius 1 is 1.58 bits per heavy atom. The molecule has 100 valence electrons. The molecule has 0 fully saturated rings. The molecule has 0 aliphatic carbocycles. The number of nitrogens with one attached hydrogen (secondary N) is 1. The van der Waals surface area contributed by atoms with Crippen LogP contribution in [0.5, 0.6) is 0 Å². The summed E-state index contributed by atoms with van der Waals surface area (Å²) in [6, 6.07) is 8.25. The number of rotatable bonds is 5. The van der Waals surface area contributed by atoms with Crippen LogP contribution in [0, 0.1) is 0 Å². The lowest BCUT2D eigenvalue weighted by Gasteiger charge is -2.13. The van der Waals surface area contributed by atoms with Crippen LogP contribution in [0.2, 0.25) is 0 Å². The van der Waals surface area contributed by atoms with Crippen molar-refractivity contribution in [2.75, 3.05) is 0 Å². The fourth-order valence-corrected chi connectivity index (χ4v) is 2.71. The summed E-state index contributed by atoms with van der Waals surface area (Å²) < 4.78 is 1.04. The van der Waals surface area contributed by atoms with Crippen LogP contribution >= 0.6 is 27.3 Å².